The summed E-state index contributed by atoms with van der Waals surface area (Å²) in [6, 6.07) is 8.68. The highest BCUT2D eigenvalue weighted by Crippen LogP contribution is 2.52. The minimum Gasteiger partial charge on any atom is -0.496 e. The molecule has 7 atom stereocenters. The minimum absolute atomic E-state index is 0.0662. The highest BCUT2D eigenvalue weighted by atomic mass is 16.7. The first kappa shape index (κ1) is 27.4. The number of benzene rings is 2. The molecular formula is C26H34O11. The molecule has 2 aliphatic heterocycles. The van der Waals surface area contributed by atoms with Crippen LogP contribution < -0.4 is 18.9 Å². The third kappa shape index (κ3) is 5.34. The third-order valence-electron chi connectivity index (χ3n) is 6.81. The van der Waals surface area contributed by atoms with E-state index in [0.29, 0.717) is 35.7 Å². The van der Waals surface area contributed by atoms with Gasteiger partial charge in [0, 0.05) is 23.8 Å². The van der Waals surface area contributed by atoms with Crippen LogP contribution in [0.25, 0.3) is 0 Å². The Kier molecular flexibility index (Phi) is 8.75. The topological polar surface area (TPSA) is 168 Å². The van der Waals surface area contributed by atoms with E-state index in [9.17, 15) is 30.6 Å². The molecule has 1 fully saturated rings. The highest BCUT2D eigenvalue weighted by Gasteiger charge is 2.45. The molecule has 2 aliphatic rings. The van der Waals surface area contributed by atoms with Crippen molar-refractivity contribution in [1.82, 2.24) is 0 Å². The second-order valence-electron chi connectivity index (χ2n) is 9.09. The Bertz CT molecular complexity index is 1060. The summed E-state index contributed by atoms with van der Waals surface area (Å²) in [6.07, 6.45) is -6.40. The van der Waals surface area contributed by atoms with Gasteiger partial charge in [-0.2, -0.15) is 0 Å². The number of methoxy groups -OCH3 is 2. The van der Waals surface area contributed by atoms with Crippen molar-refractivity contribution in [3.8, 4) is 23.0 Å². The van der Waals surface area contributed by atoms with Crippen molar-refractivity contribution in [2.45, 2.75) is 55.6 Å². The maximum atomic E-state index is 10.3. The van der Waals surface area contributed by atoms with E-state index in [-0.39, 0.29) is 19.0 Å². The molecule has 11 nitrogen and oxygen atoms in total. The van der Waals surface area contributed by atoms with Gasteiger partial charge in [-0.1, -0.05) is 6.07 Å². The molecule has 2 aromatic rings. The third-order valence-corrected chi connectivity index (χ3v) is 6.81. The summed E-state index contributed by atoms with van der Waals surface area (Å²) in [5, 5.41) is 59.2. The lowest BCUT2D eigenvalue weighted by atomic mass is 9.89. The Morgan fingerprint density at radius 1 is 0.838 bits per heavy atom. The summed E-state index contributed by atoms with van der Waals surface area (Å²) < 4.78 is 28.5. The van der Waals surface area contributed by atoms with Crippen molar-refractivity contribution in [1.29, 1.82) is 0 Å². The second kappa shape index (κ2) is 11.8. The summed E-state index contributed by atoms with van der Waals surface area (Å²) >= 11 is 0. The van der Waals surface area contributed by atoms with Gasteiger partial charge < -0.3 is 54.3 Å². The maximum absolute atomic E-state index is 10.3. The Morgan fingerprint density at radius 2 is 1.59 bits per heavy atom. The molecule has 2 heterocycles. The molecule has 0 bridgehead atoms. The van der Waals surface area contributed by atoms with E-state index in [0.717, 1.165) is 11.1 Å². The van der Waals surface area contributed by atoms with E-state index >= 15 is 0 Å². The molecule has 0 amide bonds. The SMILES string of the molecule is COc1cc(O[C@@H]2O[C@H](CO)[C@@H](O)[C@H](O)[C@H]2O)ccc1C1Oc2c(OC)cc(CCCO)cc2C1CO. The molecule has 0 saturated carbocycles. The van der Waals surface area contributed by atoms with Gasteiger partial charge in [-0.3, -0.25) is 0 Å². The zero-order valence-electron chi connectivity index (χ0n) is 20.7. The number of rotatable bonds is 10. The number of aliphatic hydroxyl groups is 6. The monoisotopic (exact) mass is 522 g/mol. The average molecular weight is 523 g/mol. The lowest BCUT2D eigenvalue weighted by Gasteiger charge is -2.39. The summed E-state index contributed by atoms with van der Waals surface area (Å²) in [5.74, 6) is 1.28. The van der Waals surface area contributed by atoms with Gasteiger partial charge in [0.2, 0.25) is 6.29 Å². The van der Waals surface area contributed by atoms with Crippen LogP contribution in [0, 0.1) is 0 Å². The molecule has 11 heteroatoms. The summed E-state index contributed by atoms with van der Waals surface area (Å²) in [4.78, 5) is 0. The lowest BCUT2D eigenvalue weighted by Crippen LogP contribution is -2.60. The van der Waals surface area contributed by atoms with E-state index < -0.39 is 49.3 Å². The van der Waals surface area contributed by atoms with Crippen LogP contribution in [0.2, 0.25) is 0 Å². The molecule has 204 valence electrons. The van der Waals surface area contributed by atoms with Gasteiger partial charge in [0.05, 0.1) is 33.4 Å². The lowest BCUT2D eigenvalue weighted by molar-refractivity contribution is -0.277. The Balaban J connectivity index is 1.60. The predicted molar refractivity (Wildman–Crippen MR) is 129 cm³/mol. The Hall–Kier alpha value is -2.64. The van der Waals surface area contributed by atoms with E-state index in [1.165, 1.54) is 7.11 Å². The van der Waals surface area contributed by atoms with Gasteiger partial charge in [-0.15, -0.1) is 0 Å². The minimum atomic E-state index is -1.56. The Morgan fingerprint density at radius 3 is 2.24 bits per heavy atom. The first-order chi connectivity index (χ1) is 17.9. The smallest absolute Gasteiger partial charge is 0.229 e. The molecule has 1 saturated heterocycles. The quantitative estimate of drug-likeness (QED) is 0.249. The van der Waals surface area contributed by atoms with Crippen LogP contribution in [0.15, 0.2) is 30.3 Å². The molecular weight excluding hydrogens is 488 g/mol. The van der Waals surface area contributed by atoms with Crippen molar-refractivity contribution < 1.29 is 54.3 Å². The fraction of sp³-hybridized carbons (Fsp3) is 0.538. The standard InChI is InChI=1S/C26H34O11/c1-33-18-10-14(35-26-23(32)22(31)21(30)20(12-29)36-26)5-6-15(18)24-17(11-28)16-8-13(4-3-7-27)9-19(34-2)25(16)37-24/h5-6,8-10,17,20-24,26-32H,3-4,7,11-12H2,1-2H3/t17?,20-,21-,22+,23-,24?,26-/m1/s1. The second-order valence-corrected chi connectivity index (χ2v) is 9.09. The van der Waals surface area contributed by atoms with Crippen LogP contribution in [0.5, 0.6) is 23.0 Å². The number of hydrogen-bond donors (Lipinski definition) is 6. The molecule has 0 aromatic heterocycles. The van der Waals surface area contributed by atoms with Crippen molar-refractivity contribution >= 4 is 0 Å². The first-order valence-electron chi connectivity index (χ1n) is 12.1. The van der Waals surface area contributed by atoms with E-state index in [1.807, 2.05) is 12.1 Å². The fourth-order valence-electron chi connectivity index (χ4n) is 4.81. The van der Waals surface area contributed by atoms with Gasteiger partial charge in [0.15, 0.2) is 11.5 Å². The summed E-state index contributed by atoms with van der Waals surface area (Å²) in [7, 11) is 3.02. The van der Waals surface area contributed by atoms with Gasteiger partial charge in [0.1, 0.15) is 42.0 Å². The van der Waals surface area contributed by atoms with Gasteiger partial charge >= 0.3 is 0 Å². The average Bonchev–Trinajstić information content (AvgIpc) is 3.29. The van der Waals surface area contributed by atoms with E-state index in [4.69, 9.17) is 23.7 Å². The van der Waals surface area contributed by atoms with Crippen LogP contribution in [0.1, 0.15) is 35.1 Å². The van der Waals surface area contributed by atoms with Crippen LogP contribution in [0.3, 0.4) is 0 Å². The number of aliphatic hydroxyl groups excluding tert-OH is 6. The first-order valence-corrected chi connectivity index (χ1v) is 12.1. The van der Waals surface area contributed by atoms with Crippen LogP contribution in [-0.2, 0) is 11.2 Å². The van der Waals surface area contributed by atoms with Crippen LogP contribution in [0.4, 0.5) is 0 Å². The number of fused-ring (bicyclic) bond motifs is 1. The van der Waals surface area contributed by atoms with Gasteiger partial charge in [-0.05, 0) is 36.6 Å². The molecule has 0 aliphatic carbocycles. The number of aryl methyl sites for hydroxylation is 1. The van der Waals surface area contributed by atoms with Gasteiger partial charge in [-0.25, -0.2) is 0 Å². The molecule has 37 heavy (non-hydrogen) atoms. The van der Waals surface area contributed by atoms with Crippen LogP contribution >= 0.6 is 0 Å². The molecule has 2 unspecified atom stereocenters. The summed E-state index contributed by atoms with van der Waals surface area (Å²) in [6.45, 7) is -0.701. The fourth-order valence-corrected chi connectivity index (χ4v) is 4.81. The zero-order valence-corrected chi connectivity index (χ0v) is 20.7. The van der Waals surface area contributed by atoms with Crippen LogP contribution in [-0.4, -0.2) is 95.4 Å². The summed E-state index contributed by atoms with van der Waals surface area (Å²) in [5.41, 5.74) is 2.39. The van der Waals surface area contributed by atoms with E-state index in [2.05, 4.69) is 0 Å². The molecule has 2 aromatic carbocycles. The molecule has 0 radical (unpaired) electrons. The molecule has 0 spiro atoms. The van der Waals surface area contributed by atoms with Crippen molar-refractivity contribution in [2.24, 2.45) is 0 Å². The number of hydrogen-bond acceptors (Lipinski definition) is 11. The highest BCUT2D eigenvalue weighted by molar-refractivity contribution is 5.56. The normalized spacial score (nSPS) is 28.9. The van der Waals surface area contributed by atoms with Crippen molar-refractivity contribution in [3.63, 3.8) is 0 Å². The predicted octanol–water partition coefficient (Wildman–Crippen LogP) is 0.0170. The molecule has 6 N–H and O–H groups in total. The van der Waals surface area contributed by atoms with Crippen molar-refractivity contribution in [2.75, 3.05) is 34.0 Å². The van der Waals surface area contributed by atoms with E-state index in [1.54, 1.807) is 25.3 Å². The van der Waals surface area contributed by atoms with Crippen molar-refractivity contribution in [3.05, 3.63) is 47.0 Å². The number of ether oxygens (including phenoxy) is 5. The Labute approximate surface area is 214 Å². The van der Waals surface area contributed by atoms with Gasteiger partial charge in [0.25, 0.3) is 0 Å². The largest absolute Gasteiger partial charge is 0.496 e. The molecule has 4 rings (SSSR count). The maximum Gasteiger partial charge on any atom is 0.229 e. The zero-order chi connectivity index (χ0) is 26.7.